The smallest absolute Gasteiger partial charge is 0.0660 e. The van der Waals surface area contributed by atoms with E-state index >= 15 is 0 Å². The molecule has 1 aromatic heterocycles. The largest absolute Gasteiger partial charge is 0.378 e. The van der Waals surface area contributed by atoms with E-state index in [-0.39, 0.29) is 5.54 Å². The highest BCUT2D eigenvalue weighted by Crippen LogP contribution is 2.34. The summed E-state index contributed by atoms with van der Waals surface area (Å²) in [6, 6.07) is 0. The molecule has 0 spiro atoms. The fraction of sp³-hybridized carbons (Fsp3) is 0.583. The molecule has 1 aromatic rings. The van der Waals surface area contributed by atoms with Crippen LogP contribution in [-0.2, 0) is 12.8 Å². The third kappa shape index (κ3) is 1.39. The maximum atomic E-state index is 4.52. The first-order chi connectivity index (χ1) is 6.53. The molecule has 0 saturated carbocycles. The Bertz CT molecular complexity index is 367. The number of hydrogen-bond donors (Lipinski definition) is 1. The van der Waals surface area contributed by atoms with Crippen molar-refractivity contribution in [2.45, 2.75) is 46.1 Å². The summed E-state index contributed by atoms with van der Waals surface area (Å²) >= 11 is 0. The SMILES string of the molecule is CCc1cnc2c(c1C)NC(C)(C)C2. The second-order valence-electron chi connectivity index (χ2n) is 4.77. The van der Waals surface area contributed by atoms with Crippen molar-refractivity contribution in [3.63, 3.8) is 0 Å². The number of nitrogens with one attached hydrogen (secondary N) is 1. The topological polar surface area (TPSA) is 24.9 Å². The van der Waals surface area contributed by atoms with E-state index in [0.717, 1.165) is 12.8 Å². The second kappa shape index (κ2) is 2.97. The van der Waals surface area contributed by atoms with Crippen molar-refractivity contribution in [3.05, 3.63) is 23.0 Å². The number of nitrogens with zero attached hydrogens (tertiary/aromatic N) is 1. The Hall–Kier alpha value is -1.05. The summed E-state index contributed by atoms with van der Waals surface area (Å²) in [5, 5.41) is 3.55. The Morgan fingerprint density at radius 3 is 2.86 bits per heavy atom. The summed E-state index contributed by atoms with van der Waals surface area (Å²) < 4.78 is 0. The maximum Gasteiger partial charge on any atom is 0.0660 e. The molecule has 0 atom stereocenters. The van der Waals surface area contributed by atoms with Gasteiger partial charge in [0.15, 0.2) is 0 Å². The first kappa shape index (κ1) is 9.50. The summed E-state index contributed by atoms with van der Waals surface area (Å²) in [4.78, 5) is 4.52. The van der Waals surface area contributed by atoms with E-state index in [1.165, 1.54) is 22.5 Å². The van der Waals surface area contributed by atoms with Crippen LogP contribution in [0.4, 0.5) is 5.69 Å². The third-order valence-corrected chi connectivity index (χ3v) is 2.98. The van der Waals surface area contributed by atoms with Gasteiger partial charge in [-0.25, -0.2) is 0 Å². The number of anilines is 1. The minimum atomic E-state index is 0.173. The number of fused-ring (bicyclic) bond motifs is 1. The Morgan fingerprint density at radius 2 is 2.21 bits per heavy atom. The standard InChI is InChI=1S/C12H18N2/c1-5-9-7-13-10-6-12(3,4)14-11(10)8(9)2/h7,14H,5-6H2,1-4H3. The molecule has 0 unspecified atom stereocenters. The van der Waals surface area contributed by atoms with E-state index in [9.17, 15) is 0 Å². The highest BCUT2D eigenvalue weighted by molar-refractivity contribution is 5.62. The van der Waals surface area contributed by atoms with Crippen molar-refractivity contribution in [3.8, 4) is 0 Å². The number of pyridine rings is 1. The van der Waals surface area contributed by atoms with E-state index in [1.54, 1.807) is 0 Å². The molecule has 1 aliphatic rings. The van der Waals surface area contributed by atoms with E-state index in [1.807, 2.05) is 6.20 Å². The van der Waals surface area contributed by atoms with Crippen molar-refractivity contribution in [1.82, 2.24) is 4.98 Å². The van der Waals surface area contributed by atoms with Crippen molar-refractivity contribution >= 4 is 5.69 Å². The summed E-state index contributed by atoms with van der Waals surface area (Å²) in [6.45, 7) is 8.81. The van der Waals surface area contributed by atoms with Crippen LogP contribution in [0, 0.1) is 6.92 Å². The molecule has 1 aliphatic heterocycles. The van der Waals surface area contributed by atoms with Crippen molar-refractivity contribution in [2.24, 2.45) is 0 Å². The Balaban J connectivity index is 2.48. The van der Waals surface area contributed by atoms with Crippen molar-refractivity contribution in [2.75, 3.05) is 5.32 Å². The van der Waals surface area contributed by atoms with E-state index in [2.05, 4.69) is 38.0 Å². The molecule has 2 heteroatoms. The fourth-order valence-electron chi connectivity index (χ4n) is 2.15. The lowest BCUT2D eigenvalue weighted by Gasteiger charge is -2.18. The lowest BCUT2D eigenvalue weighted by molar-refractivity contribution is 0.588. The van der Waals surface area contributed by atoms with E-state index in [0.29, 0.717) is 0 Å². The van der Waals surface area contributed by atoms with Gasteiger partial charge in [-0.1, -0.05) is 6.92 Å². The van der Waals surface area contributed by atoms with Crippen LogP contribution in [0.3, 0.4) is 0 Å². The predicted molar refractivity (Wildman–Crippen MR) is 59.8 cm³/mol. The second-order valence-corrected chi connectivity index (χ2v) is 4.77. The van der Waals surface area contributed by atoms with Crippen LogP contribution in [0.1, 0.15) is 37.6 Å². The molecule has 76 valence electrons. The Labute approximate surface area is 85.7 Å². The van der Waals surface area contributed by atoms with Crippen LogP contribution in [0.5, 0.6) is 0 Å². The predicted octanol–water partition coefficient (Wildman–Crippen LogP) is 2.70. The zero-order valence-electron chi connectivity index (χ0n) is 9.44. The molecule has 2 rings (SSSR count). The zero-order valence-corrected chi connectivity index (χ0v) is 9.44. The van der Waals surface area contributed by atoms with Gasteiger partial charge in [0.25, 0.3) is 0 Å². The lowest BCUT2D eigenvalue weighted by Crippen LogP contribution is -2.27. The number of rotatable bonds is 1. The molecule has 0 radical (unpaired) electrons. The minimum absolute atomic E-state index is 0.173. The highest BCUT2D eigenvalue weighted by atomic mass is 15.0. The number of aromatic nitrogens is 1. The normalized spacial score (nSPS) is 17.7. The number of aryl methyl sites for hydroxylation is 1. The van der Waals surface area contributed by atoms with Crippen molar-refractivity contribution in [1.29, 1.82) is 0 Å². The van der Waals surface area contributed by atoms with Crippen LogP contribution < -0.4 is 5.32 Å². The third-order valence-electron chi connectivity index (χ3n) is 2.98. The molecule has 2 heterocycles. The first-order valence-corrected chi connectivity index (χ1v) is 5.29. The number of hydrogen-bond acceptors (Lipinski definition) is 2. The van der Waals surface area contributed by atoms with Gasteiger partial charge in [-0.15, -0.1) is 0 Å². The van der Waals surface area contributed by atoms with Gasteiger partial charge in [0.05, 0.1) is 11.4 Å². The quantitative estimate of drug-likeness (QED) is 0.736. The van der Waals surface area contributed by atoms with Crippen LogP contribution in [0.15, 0.2) is 6.20 Å². The van der Waals surface area contributed by atoms with Crippen LogP contribution in [0.2, 0.25) is 0 Å². The van der Waals surface area contributed by atoms with Gasteiger partial charge in [-0.05, 0) is 38.3 Å². The zero-order chi connectivity index (χ0) is 10.3. The molecular formula is C12H18N2. The molecule has 0 aromatic carbocycles. The average molecular weight is 190 g/mol. The molecule has 2 nitrogen and oxygen atoms in total. The van der Waals surface area contributed by atoms with Gasteiger partial charge in [0.1, 0.15) is 0 Å². The fourth-order valence-corrected chi connectivity index (χ4v) is 2.15. The van der Waals surface area contributed by atoms with Crippen LogP contribution >= 0.6 is 0 Å². The molecule has 14 heavy (non-hydrogen) atoms. The van der Waals surface area contributed by atoms with Gasteiger partial charge >= 0.3 is 0 Å². The molecule has 0 aliphatic carbocycles. The van der Waals surface area contributed by atoms with Crippen LogP contribution in [-0.4, -0.2) is 10.5 Å². The molecule has 0 saturated heterocycles. The van der Waals surface area contributed by atoms with E-state index in [4.69, 9.17) is 0 Å². The van der Waals surface area contributed by atoms with Gasteiger partial charge in [-0.3, -0.25) is 4.98 Å². The van der Waals surface area contributed by atoms with Gasteiger partial charge in [0.2, 0.25) is 0 Å². The highest BCUT2D eigenvalue weighted by Gasteiger charge is 2.29. The van der Waals surface area contributed by atoms with Crippen molar-refractivity contribution < 1.29 is 0 Å². The summed E-state index contributed by atoms with van der Waals surface area (Å²) in [7, 11) is 0. The summed E-state index contributed by atoms with van der Waals surface area (Å²) in [5.74, 6) is 0. The lowest BCUT2D eigenvalue weighted by atomic mass is 10.0. The van der Waals surface area contributed by atoms with Gasteiger partial charge < -0.3 is 5.32 Å². The minimum Gasteiger partial charge on any atom is -0.378 e. The Kier molecular flexibility index (Phi) is 2.02. The van der Waals surface area contributed by atoms with Crippen LogP contribution in [0.25, 0.3) is 0 Å². The van der Waals surface area contributed by atoms with Gasteiger partial charge in [-0.2, -0.15) is 0 Å². The maximum absolute atomic E-state index is 4.52. The van der Waals surface area contributed by atoms with Gasteiger partial charge in [0, 0.05) is 18.2 Å². The summed E-state index contributed by atoms with van der Waals surface area (Å²) in [6.07, 6.45) is 4.12. The van der Waals surface area contributed by atoms with E-state index < -0.39 is 0 Å². The molecule has 0 fully saturated rings. The molecule has 1 N–H and O–H groups in total. The summed E-state index contributed by atoms with van der Waals surface area (Å²) in [5.41, 5.74) is 5.41. The molecular weight excluding hydrogens is 172 g/mol. The monoisotopic (exact) mass is 190 g/mol. The molecule has 0 amide bonds. The Morgan fingerprint density at radius 1 is 1.50 bits per heavy atom. The first-order valence-electron chi connectivity index (χ1n) is 5.29. The molecule has 0 bridgehead atoms. The average Bonchev–Trinajstić information content (AvgIpc) is 2.42.